The second-order valence-electron chi connectivity index (χ2n) is 3.91. The lowest BCUT2D eigenvalue weighted by Crippen LogP contribution is -2.46. The van der Waals surface area contributed by atoms with Crippen LogP contribution in [0.3, 0.4) is 0 Å². The van der Waals surface area contributed by atoms with Crippen LogP contribution in [0.5, 0.6) is 0 Å². The molecule has 4 N–H and O–H groups in total. The standard InChI is InChI=1S/C8H17N3O3S2/c1-8(2,6(9)15)7(12)10-4-5-11-16(3,13)14/h11H,4-5H2,1-3H3,(H2,9,15)(H,10,12). The number of hydrogen-bond acceptors (Lipinski definition) is 4. The van der Waals surface area contributed by atoms with E-state index in [0.717, 1.165) is 6.26 Å². The van der Waals surface area contributed by atoms with E-state index in [1.54, 1.807) is 13.8 Å². The van der Waals surface area contributed by atoms with Crippen molar-refractivity contribution >= 4 is 33.1 Å². The Balaban J connectivity index is 4.06. The summed E-state index contributed by atoms with van der Waals surface area (Å²) in [4.78, 5) is 11.7. The minimum absolute atomic E-state index is 0.0982. The first kappa shape index (κ1) is 15.3. The van der Waals surface area contributed by atoms with Crippen LogP contribution >= 0.6 is 12.2 Å². The first-order valence-electron chi connectivity index (χ1n) is 4.60. The molecule has 0 saturated heterocycles. The molecule has 0 radical (unpaired) electrons. The number of hydrogen-bond donors (Lipinski definition) is 3. The number of amides is 1. The van der Waals surface area contributed by atoms with Gasteiger partial charge in [0.25, 0.3) is 0 Å². The summed E-state index contributed by atoms with van der Waals surface area (Å²) in [5.74, 6) is -0.324. The average molecular weight is 267 g/mol. The van der Waals surface area contributed by atoms with Gasteiger partial charge in [0.2, 0.25) is 15.9 Å². The molecule has 0 heterocycles. The lowest BCUT2D eigenvalue weighted by Gasteiger charge is -2.21. The van der Waals surface area contributed by atoms with Gasteiger partial charge in [-0.15, -0.1) is 0 Å². The van der Waals surface area contributed by atoms with Crippen LogP contribution in [0.1, 0.15) is 13.8 Å². The van der Waals surface area contributed by atoms with Crippen LogP contribution in [0.15, 0.2) is 0 Å². The van der Waals surface area contributed by atoms with Gasteiger partial charge in [-0.05, 0) is 13.8 Å². The Morgan fingerprint density at radius 3 is 2.25 bits per heavy atom. The van der Waals surface area contributed by atoms with E-state index in [0.29, 0.717) is 0 Å². The maximum absolute atomic E-state index is 11.6. The quantitative estimate of drug-likeness (QED) is 0.422. The van der Waals surface area contributed by atoms with Gasteiger partial charge < -0.3 is 11.1 Å². The number of carbonyl (C=O) groups is 1. The summed E-state index contributed by atoms with van der Waals surface area (Å²) in [6.45, 7) is 3.54. The smallest absolute Gasteiger partial charge is 0.232 e. The topological polar surface area (TPSA) is 101 Å². The largest absolute Gasteiger partial charge is 0.392 e. The molecule has 0 aromatic carbocycles. The molecular formula is C8H17N3O3S2. The molecule has 0 aliphatic carbocycles. The number of nitrogens with two attached hydrogens (primary N) is 1. The molecule has 0 aliphatic rings. The van der Waals surface area contributed by atoms with Crippen LogP contribution in [0.25, 0.3) is 0 Å². The monoisotopic (exact) mass is 267 g/mol. The molecule has 0 fully saturated rings. The molecule has 16 heavy (non-hydrogen) atoms. The maximum atomic E-state index is 11.6. The van der Waals surface area contributed by atoms with E-state index in [1.165, 1.54) is 0 Å². The molecule has 0 spiro atoms. The van der Waals surface area contributed by atoms with Gasteiger partial charge in [-0.2, -0.15) is 0 Å². The molecule has 0 aliphatic heterocycles. The van der Waals surface area contributed by atoms with Gasteiger partial charge in [-0.3, -0.25) is 4.79 Å². The second-order valence-corrected chi connectivity index (χ2v) is 6.18. The normalized spacial score (nSPS) is 12.2. The van der Waals surface area contributed by atoms with E-state index >= 15 is 0 Å². The third-order valence-electron chi connectivity index (χ3n) is 1.96. The Morgan fingerprint density at radius 2 is 1.88 bits per heavy atom. The van der Waals surface area contributed by atoms with Crippen LogP contribution < -0.4 is 15.8 Å². The van der Waals surface area contributed by atoms with E-state index in [-0.39, 0.29) is 24.0 Å². The lowest BCUT2D eigenvalue weighted by molar-refractivity contribution is -0.126. The second kappa shape index (κ2) is 5.55. The fourth-order valence-corrected chi connectivity index (χ4v) is 1.31. The van der Waals surface area contributed by atoms with Gasteiger partial charge in [0.05, 0.1) is 16.7 Å². The van der Waals surface area contributed by atoms with E-state index < -0.39 is 15.4 Å². The molecule has 0 aromatic rings. The highest BCUT2D eigenvalue weighted by molar-refractivity contribution is 7.88. The van der Waals surface area contributed by atoms with Crippen LogP contribution in [0, 0.1) is 5.41 Å². The van der Waals surface area contributed by atoms with E-state index in [9.17, 15) is 13.2 Å². The minimum Gasteiger partial charge on any atom is -0.392 e. The Hall–Kier alpha value is -0.730. The summed E-state index contributed by atoms with van der Waals surface area (Å²) >= 11 is 4.75. The summed E-state index contributed by atoms with van der Waals surface area (Å²) in [6.07, 6.45) is 1.05. The van der Waals surface area contributed by atoms with Crippen molar-refractivity contribution in [2.45, 2.75) is 13.8 Å². The van der Waals surface area contributed by atoms with Gasteiger partial charge in [0.1, 0.15) is 0 Å². The van der Waals surface area contributed by atoms with Gasteiger partial charge in [-0.1, -0.05) is 12.2 Å². The van der Waals surface area contributed by atoms with Gasteiger partial charge >= 0.3 is 0 Å². The van der Waals surface area contributed by atoms with Crippen LogP contribution in [-0.2, 0) is 14.8 Å². The van der Waals surface area contributed by atoms with Gasteiger partial charge in [-0.25, -0.2) is 13.1 Å². The molecule has 0 rings (SSSR count). The van der Waals surface area contributed by atoms with Crippen LogP contribution in [-0.4, -0.2) is 38.7 Å². The predicted molar refractivity (Wildman–Crippen MR) is 66.4 cm³/mol. The predicted octanol–water partition coefficient (Wildman–Crippen LogP) is -1.04. The Labute approximate surface area is 101 Å². The highest BCUT2D eigenvalue weighted by atomic mass is 32.2. The number of thiocarbonyl (C=S) groups is 1. The molecule has 1 amide bonds. The first-order chi connectivity index (χ1) is 7.07. The van der Waals surface area contributed by atoms with Crippen molar-refractivity contribution in [3.8, 4) is 0 Å². The van der Waals surface area contributed by atoms with E-state index in [4.69, 9.17) is 18.0 Å². The molecule has 8 heteroatoms. The van der Waals surface area contributed by atoms with Gasteiger partial charge in [0, 0.05) is 13.1 Å². The Kier molecular flexibility index (Phi) is 5.30. The SMILES string of the molecule is CC(C)(C(=O)NCCNS(C)(=O)=O)C(N)=S. The summed E-state index contributed by atoms with van der Waals surface area (Å²) < 4.78 is 23.7. The van der Waals surface area contributed by atoms with Crippen molar-refractivity contribution in [1.29, 1.82) is 0 Å². The summed E-state index contributed by atoms with van der Waals surface area (Å²) in [7, 11) is -3.23. The average Bonchev–Trinajstić information content (AvgIpc) is 2.10. The summed E-state index contributed by atoms with van der Waals surface area (Å²) in [5, 5.41) is 2.54. The van der Waals surface area contributed by atoms with Crippen molar-refractivity contribution < 1.29 is 13.2 Å². The third-order valence-corrected chi connectivity index (χ3v) is 3.20. The fraction of sp³-hybridized carbons (Fsp3) is 0.750. The number of sulfonamides is 1. The van der Waals surface area contributed by atoms with Crippen molar-refractivity contribution in [1.82, 2.24) is 10.0 Å². The molecule has 0 bridgehead atoms. The summed E-state index contributed by atoms with van der Waals surface area (Å²) in [5.41, 5.74) is 4.47. The summed E-state index contributed by atoms with van der Waals surface area (Å²) in [6, 6.07) is 0. The molecule has 0 unspecified atom stereocenters. The highest BCUT2D eigenvalue weighted by Gasteiger charge is 2.30. The molecule has 6 nitrogen and oxygen atoms in total. The van der Waals surface area contributed by atoms with Crippen molar-refractivity contribution in [2.75, 3.05) is 19.3 Å². The number of nitrogens with one attached hydrogen (secondary N) is 2. The molecule has 0 atom stereocenters. The molecule has 0 saturated carbocycles. The fourth-order valence-electron chi connectivity index (χ4n) is 0.745. The van der Waals surface area contributed by atoms with E-state index in [1.807, 2.05) is 0 Å². The maximum Gasteiger partial charge on any atom is 0.232 e. The van der Waals surface area contributed by atoms with E-state index in [2.05, 4.69) is 10.0 Å². The Morgan fingerprint density at radius 1 is 1.38 bits per heavy atom. The Bertz CT molecular complexity index is 376. The molecule has 0 aromatic heterocycles. The lowest BCUT2D eigenvalue weighted by atomic mass is 9.92. The number of carbonyl (C=O) groups excluding carboxylic acids is 1. The van der Waals surface area contributed by atoms with Crippen molar-refractivity contribution in [3.05, 3.63) is 0 Å². The molecule has 94 valence electrons. The van der Waals surface area contributed by atoms with Crippen molar-refractivity contribution in [3.63, 3.8) is 0 Å². The zero-order valence-electron chi connectivity index (χ0n) is 9.53. The highest BCUT2D eigenvalue weighted by Crippen LogP contribution is 2.14. The third kappa shape index (κ3) is 5.38. The molecular weight excluding hydrogens is 250 g/mol. The zero-order valence-corrected chi connectivity index (χ0v) is 11.2. The van der Waals surface area contributed by atoms with Crippen LogP contribution in [0.2, 0.25) is 0 Å². The van der Waals surface area contributed by atoms with Crippen molar-refractivity contribution in [2.24, 2.45) is 11.1 Å². The first-order valence-corrected chi connectivity index (χ1v) is 6.90. The zero-order chi connectivity index (χ0) is 13.0. The minimum atomic E-state index is -3.23. The van der Waals surface area contributed by atoms with Crippen LogP contribution in [0.4, 0.5) is 0 Å². The number of rotatable bonds is 6. The van der Waals surface area contributed by atoms with Gasteiger partial charge in [0.15, 0.2) is 0 Å².